The number of hydrogen-bond acceptors (Lipinski definition) is 5. The zero-order valence-electron chi connectivity index (χ0n) is 14.7. The van der Waals surface area contributed by atoms with Crippen LogP contribution in [0.15, 0.2) is 72.9 Å². The van der Waals surface area contributed by atoms with Crippen LogP contribution in [0.4, 0.5) is 17.2 Å². The molecular formula is C20H16N4O4. The second-order valence-electron chi connectivity index (χ2n) is 5.90. The summed E-state index contributed by atoms with van der Waals surface area (Å²) in [6.45, 7) is 0. The van der Waals surface area contributed by atoms with Gasteiger partial charge in [-0.2, -0.15) is 0 Å². The number of hydrogen-bond donors (Lipinski definition) is 2. The van der Waals surface area contributed by atoms with E-state index in [4.69, 9.17) is 0 Å². The van der Waals surface area contributed by atoms with Gasteiger partial charge < -0.3 is 10.6 Å². The Morgan fingerprint density at radius 2 is 1.75 bits per heavy atom. The van der Waals surface area contributed by atoms with Gasteiger partial charge in [-0.25, -0.2) is 4.98 Å². The molecular weight excluding hydrogens is 360 g/mol. The van der Waals surface area contributed by atoms with Gasteiger partial charge in [0, 0.05) is 29.6 Å². The second kappa shape index (κ2) is 8.54. The van der Waals surface area contributed by atoms with Gasteiger partial charge in [-0.1, -0.05) is 24.3 Å². The monoisotopic (exact) mass is 376 g/mol. The minimum atomic E-state index is -0.495. The molecule has 0 aliphatic rings. The maximum Gasteiger partial charge on any atom is 0.269 e. The number of nitro benzene ring substituents is 1. The molecule has 0 atom stereocenters. The van der Waals surface area contributed by atoms with Crippen LogP contribution in [0.5, 0.6) is 0 Å². The summed E-state index contributed by atoms with van der Waals surface area (Å²) >= 11 is 0. The van der Waals surface area contributed by atoms with Gasteiger partial charge in [0.1, 0.15) is 5.82 Å². The Balaban J connectivity index is 1.62. The van der Waals surface area contributed by atoms with Crippen molar-refractivity contribution in [2.75, 3.05) is 10.6 Å². The first-order valence-electron chi connectivity index (χ1n) is 8.37. The van der Waals surface area contributed by atoms with Crippen molar-refractivity contribution in [1.29, 1.82) is 0 Å². The fraction of sp³-hybridized carbons (Fsp3) is 0.0500. The highest BCUT2D eigenvalue weighted by Gasteiger charge is 2.10. The minimum absolute atomic E-state index is 0.0317. The molecule has 1 heterocycles. The van der Waals surface area contributed by atoms with Crippen LogP contribution in [-0.4, -0.2) is 21.7 Å². The number of nitro groups is 1. The van der Waals surface area contributed by atoms with Gasteiger partial charge in [-0.3, -0.25) is 19.7 Å². The van der Waals surface area contributed by atoms with Gasteiger partial charge in [0.15, 0.2) is 0 Å². The van der Waals surface area contributed by atoms with Crippen molar-refractivity contribution in [1.82, 2.24) is 4.98 Å². The fourth-order valence-corrected chi connectivity index (χ4v) is 2.49. The van der Waals surface area contributed by atoms with Crippen LogP contribution in [0, 0.1) is 10.1 Å². The number of anilines is 2. The van der Waals surface area contributed by atoms with E-state index in [1.165, 1.54) is 24.3 Å². The number of pyridine rings is 1. The van der Waals surface area contributed by atoms with Crippen molar-refractivity contribution < 1.29 is 14.5 Å². The van der Waals surface area contributed by atoms with Crippen LogP contribution < -0.4 is 10.6 Å². The Labute approximate surface area is 160 Å². The third-order valence-electron chi connectivity index (χ3n) is 3.83. The molecule has 0 aliphatic carbocycles. The van der Waals surface area contributed by atoms with Crippen molar-refractivity contribution in [2.24, 2.45) is 0 Å². The smallest absolute Gasteiger partial charge is 0.269 e. The molecule has 0 fully saturated rings. The van der Waals surface area contributed by atoms with E-state index in [2.05, 4.69) is 15.6 Å². The highest BCUT2D eigenvalue weighted by Crippen LogP contribution is 2.15. The average molecular weight is 376 g/mol. The third kappa shape index (κ3) is 4.98. The summed E-state index contributed by atoms with van der Waals surface area (Å²) in [6.07, 6.45) is 1.63. The fourth-order valence-electron chi connectivity index (χ4n) is 2.49. The lowest BCUT2D eigenvalue weighted by molar-refractivity contribution is -0.384. The molecule has 0 spiro atoms. The maximum absolute atomic E-state index is 12.3. The van der Waals surface area contributed by atoms with E-state index in [1.807, 2.05) is 0 Å². The van der Waals surface area contributed by atoms with Crippen molar-refractivity contribution >= 4 is 29.0 Å². The van der Waals surface area contributed by atoms with Crippen LogP contribution in [0.25, 0.3) is 0 Å². The van der Waals surface area contributed by atoms with E-state index in [-0.39, 0.29) is 23.9 Å². The molecule has 2 amide bonds. The number of carbonyl (C=O) groups is 2. The lowest BCUT2D eigenvalue weighted by Crippen LogP contribution is -2.16. The van der Waals surface area contributed by atoms with E-state index in [9.17, 15) is 19.7 Å². The van der Waals surface area contributed by atoms with Gasteiger partial charge in [0.25, 0.3) is 11.6 Å². The molecule has 0 radical (unpaired) electrons. The number of aromatic nitrogens is 1. The highest BCUT2D eigenvalue weighted by atomic mass is 16.6. The molecule has 28 heavy (non-hydrogen) atoms. The van der Waals surface area contributed by atoms with Crippen molar-refractivity contribution in [3.05, 3.63) is 94.2 Å². The summed E-state index contributed by atoms with van der Waals surface area (Å²) < 4.78 is 0. The Bertz CT molecular complexity index is 1000. The molecule has 2 aromatic carbocycles. The summed E-state index contributed by atoms with van der Waals surface area (Å²) in [5.41, 5.74) is 1.46. The summed E-state index contributed by atoms with van der Waals surface area (Å²) in [7, 11) is 0. The van der Waals surface area contributed by atoms with Crippen LogP contribution in [-0.2, 0) is 11.2 Å². The predicted molar refractivity (Wildman–Crippen MR) is 104 cm³/mol. The van der Waals surface area contributed by atoms with Crippen molar-refractivity contribution in [2.45, 2.75) is 6.42 Å². The van der Waals surface area contributed by atoms with Crippen LogP contribution in [0.2, 0.25) is 0 Å². The van der Waals surface area contributed by atoms with E-state index >= 15 is 0 Å². The molecule has 0 saturated heterocycles. The summed E-state index contributed by atoms with van der Waals surface area (Å²) in [4.78, 5) is 38.7. The van der Waals surface area contributed by atoms with Crippen molar-refractivity contribution in [3.8, 4) is 0 Å². The molecule has 0 aliphatic heterocycles. The molecule has 8 heteroatoms. The standard InChI is InChI=1S/C20H16N4O4/c25-19(12-14-7-9-17(10-8-14)24(27)28)22-16-5-3-4-15(13-16)20(26)23-18-6-1-2-11-21-18/h1-11,13H,12H2,(H,22,25)(H,21,23,26). The number of nitrogens with zero attached hydrogens (tertiary/aromatic N) is 2. The van der Waals surface area contributed by atoms with Crippen molar-refractivity contribution in [3.63, 3.8) is 0 Å². The Kier molecular flexibility index (Phi) is 5.71. The quantitative estimate of drug-likeness (QED) is 0.505. The zero-order valence-corrected chi connectivity index (χ0v) is 14.7. The van der Waals surface area contributed by atoms with E-state index in [0.29, 0.717) is 22.6 Å². The SMILES string of the molecule is O=C(Cc1ccc([N+](=O)[O-])cc1)Nc1cccc(C(=O)Nc2ccccn2)c1. The second-order valence-corrected chi connectivity index (χ2v) is 5.90. The van der Waals surface area contributed by atoms with Gasteiger partial charge >= 0.3 is 0 Å². The number of benzene rings is 2. The number of nitrogens with one attached hydrogen (secondary N) is 2. The molecule has 3 rings (SSSR count). The third-order valence-corrected chi connectivity index (χ3v) is 3.83. The number of carbonyl (C=O) groups excluding carboxylic acids is 2. The van der Waals surface area contributed by atoms with Gasteiger partial charge in [-0.05, 0) is 35.9 Å². The first-order valence-corrected chi connectivity index (χ1v) is 8.37. The first kappa shape index (κ1) is 18.7. The molecule has 3 aromatic rings. The van der Waals surface area contributed by atoms with E-state index < -0.39 is 4.92 Å². The predicted octanol–water partition coefficient (Wildman–Crippen LogP) is 3.42. The lowest BCUT2D eigenvalue weighted by atomic mass is 10.1. The zero-order chi connectivity index (χ0) is 19.9. The number of amides is 2. The molecule has 0 unspecified atom stereocenters. The topological polar surface area (TPSA) is 114 Å². The average Bonchev–Trinajstić information content (AvgIpc) is 2.69. The van der Waals surface area contributed by atoms with Gasteiger partial charge in [0.05, 0.1) is 11.3 Å². The maximum atomic E-state index is 12.3. The Hall–Kier alpha value is -4.07. The number of rotatable bonds is 6. The molecule has 8 nitrogen and oxygen atoms in total. The van der Waals surface area contributed by atoms with Crippen LogP contribution in [0.3, 0.4) is 0 Å². The molecule has 2 N–H and O–H groups in total. The summed E-state index contributed by atoms with van der Waals surface area (Å²) in [5.74, 6) is -0.207. The largest absolute Gasteiger partial charge is 0.326 e. The molecule has 0 bridgehead atoms. The normalized spacial score (nSPS) is 10.1. The Morgan fingerprint density at radius 3 is 2.43 bits per heavy atom. The molecule has 0 saturated carbocycles. The van der Waals surface area contributed by atoms with Gasteiger partial charge in [0.2, 0.25) is 5.91 Å². The Morgan fingerprint density at radius 1 is 0.964 bits per heavy atom. The summed E-state index contributed by atoms with van der Waals surface area (Å²) in [6, 6.07) is 17.5. The molecule has 1 aromatic heterocycles. The van der Waals surface area contributed by atoms with E-state index in [0.717, 1.165) is 0 Å². The van der Waals surface area contributed by atoms with Crippen LogP contribution in [0.1, 0.15) is 15.9 Å². The first-order chi connectivity index (χ1) is 13.5. The van der Waals surface area contributed by atoms with E-state index in [1.54, 1.807) is 48.7 Å². The van der Waals surface area contributed by atoms with Crippen LogP contribution >= 0.6 is 0 Å². The molecule has 140 valence electrons. The number of non-ortho nitro benzene ring substituents is 1. The lowest BCUT2D eigenvalue weighted by Gasteiger charge is -2.08. The highest BCUT2D eigenvalue weighted by molar-refractivity contribution is 6.05. The minimum Gasteiger partial charge on any atom is -0.326 e. The summed E-state index contributed by atoms with van der Waals surface area (Å²) in [5, 5.41) is 16.1. The van der Waals surface area contributed by atoms with Gasteiger partial charge in [-0.15, -0.1) is 0 Å².